The summed E-state index contributed by atoms with van der Waals surface area (Å²) in [4.78, 5) is 43.6. The van der Waals surface area contributed by atoms with E-state index in [1.807, 2.05) is 273 Å². The van der Waals surface area contributed by atoms with Crippen molar-refractivity contribution in [2.45, 2.75) is 27.7 Å². The summed E-state index contributed by atoms with van der Waals surface area (Å²) in [5.41, 5.74) is 0. The van der Waals surface area contributed by atoms with Crippen LogP contribution in [0.5, 0.6) is 0 Å². The molecule has 0 saturated heterocycles. The monoisotopic (exact) mass is 1300 g/mol. The van der Waals surface area contributed by atoms with Gasteiger partial charge in [0.15, 0.2) is 21.4 Å². The van der Waals surface area contributed by atoms with Crippen LogP contribution in [0, 0.1) is 84.6 Å². The van der Waals surface area contributed by atoms with Crippen molar-refractivity contribution in [1.82, 2.24) is 0 Å². The van der Waals surface area contributed by atoms with Crippen molar-refractivity contribution in [3.8, 4) is 0 Å². The Labute approximate surface area is 500 Å². The quantitative estimate of drug-likeness (QED) is 0.0738. The first-order valence-corrected chi connectivity index (χ1v) is 28.9. The van der Waals surface area contributed by atoms with Gasteiger partial charge in [0.2, 0.25) is 0 Å². The molecule has 21 heteroatoms. The minimum Gasteiger partial charge on any atom is -0.356 e. The molecule has 0 saturated carbocycles. The van der Waals surface area contributed by atoms with E-state index in [9.17, 15) is 23.3 Å². The van der Waals surface area contributed by atoms with Crippen molar-refractivity contribution < 1.29 is 77.2 Å². The second kappa shape index (κ2) is 38.5. The van der Waals surface area contributed by atoms with Gasteiger partial charge in [-0.05, 0) is 27.7 Å². The van der Waals surface area contributed by atoms with Crippen LogP contribution in [-0.4, -0.2) is 26.8 Å². The Kier molecular flexibility index (Phi) is 33.7. The van der Waals surface area contributed by atoms with Gasteiger partial charge in [-0.3, -0.25) is 0 Å². The summed E-state index contributed by atoms with van der Waals surface area (Å²) in [6.07, 6.45) is 0. The van der Waals surface area contributed by atoms with Crippen LogP contribution in [-0.2, 0) is 23.3 Å². The van der Waals surface area contributed by atoms with E-state index in [0.717, 1.165) is 47.7 Å². The number of carbonyl (C=O) groups is 2. The van der Waals surface area contributed by atoms with Crippen LogP contribution in [0.3, 0.4) is 0 Å². The average Bonchev–Trinajstić information content (AvgIpc) is 3.56. The van der Waals surface area contributed by atoms with Gasteiger partial charge in [0.25, 0.3) is 0 Å². The number of benzene rings is 9. The number of rotatable bonds is 9. The van der Waals surface area contributed by atoms with Crippen LogP contribution < -0.4 is 47.7 Å². The van der Waals surface area contributed by atoms with Crippen LogP contribution >= 0.6 is 21.4 Å². The van der Waals surface area contributed by atoms with Gasteiger partial charge in [0.05, 0.1) is 15.3 Å². The first-order valence-electron chi connectivity index (χ1n) is 23.8. The Bertz CT molecular complexity index is 2670. The minimum absolute atomic E-state index is 0. The number of carbonyl (C=O) groups excluding carboxylic acids is 2. The van der Waals surface area contributed by atoms with Gasteiger partial charge in [-0.1, -0.05) is 273 Å². The van der Waals surface area contributed by atoms with E-state index < -0.39 is 36.7 Å². The van der Waals surface area contributed by atoms with Crippen LogP contribution in [0.15, 0.2) is 273 Å². The Balaban J connectivity index is 0.000000517. The van der Waals surface area contributed by atoms with E-state index in [1.165, 1.54) is 27.7 Å². The molecule has 0 heterocycles. The zero-order valence-electron chi connectivity index (χ0n) is 44.2. The largest absolute Gasteiger partial charge is 3.00 e. The summed E-state index contributed by atoms with van der Waals surface area (Å²) >= 11 is 0. The van der Waals surface area contributed by atoms with Gasteiger partial charge in [-0.25, -0.2) is 0 Å². The molecule has 0 amide bonds. The van der Waals surface area contributed by atoms with E-state index in [1.54, 1.807) is 0 Å². The molecule has 0 N–H and O–H groups in total. The smallest absolute Gasteiger partial charge is 0.356 e. The number of nitrogens with zero attached hydrogens (tertiary/aromatic N) is 3. The van der Waals surface area contributed by atoms with Crippen molar-refractivity contribution in [3.05, 3.63) is 319 Å². The molecule has 0 atom stereocenters. The molecule has 0 radical (unpaired) electrons. The van der Waals surface area contributed by atoms with Crippen LogP contribution in [0.2, 0.25) is 0 Å². The summed E-state index contributed by atoms with van der Waals surface area (Å²) in [5.74, 6) is 0.333. The summed E-state index contributed by atoms with van der Waals surface area (Å²) in [5, 5.41) is 52.1. The molecule has 9 aromatic rings. The van der Waals surface area contributed by atoms with E-state index in [2.05, 4.69) is 0 Å². The number of hydrogen-bond acceptors (Lipinski definition) is 14. The third kappa shape index (κ3) is 25.3. The van der Waals surface area contributed by atoms with Crippen molar-refractivity contribution in [2.24, 2.45) is 0 Å². The Morgan fingerprint density at radius 3 is 0.370 bits per heavy atom. The summed E-state index contributed by atoms with van der Waals surface area (Å²) < 4.78 is 41.5. The van der Waals surface area contributed by atoms with Gasteiger partial charge in [-0.2, -0.15) is 0 Å². The number of Topliss-reactive ketones (excluding diaryl/α,β-unsaturated/α-hetero) is 2. The molecule has 0 aliphatic heterocycles. The first kappa shape index (κ1) is 70.9. The predicted molar refractivity (Wildman–Crippen MR) is 321 cm³/mol. The first-order chi connectivity index (χ1) is 38.1. The molecule has 0 spiro atoms. The zero-order valence-corrected chi connectivity index (χ0v) is 49.0. The van der Waals surface area contributed by atoms with Gasteiger partial charge in [0.1, 0.15) is 11.6 Å². The molecule has 420 valence electrons. The van der Waals surface area contributed by atoms with E-state index >= 15 is 0 Å². The Hall–Kier alpha value is -8.10. The molecule has 9 rings (SSSR count). The maximum atomic E-state index is 13.8. The average molecular weight is 1300 g/mol. The van der Waals surface area contributed by atoms with E-state index in [-0.39, 0.29) is 50.2 Å². The fraction of sp³-hybridized carbons (Fsp3) is 0.0667. The van der Waals surface area contributed by atoms with Gasteiger partial charge < -0.3 is 69.2 Å². The summed E-state index contributed by atoms with van der Waals surface area (Å²) in [6, 6.07) is 87.4. The molecule has 0 bridgehead atoms. The zero-order chi connectivity index (χ0) is 59.4. The van der Waals surface area contributed by atoms with Crippen molar-refractivity contribution >= 4 is 80.7 Å². The maximum absolute atomic E-state index is 13.8. The van der Waals surface area contributed by atoms with Crippen molar-refractivity contribution in [3.63, 3.8) is 0 Å². The predicted octanol–water partition coefficient (Wildman–Crippen LogP) is 10.5. The minimum atomic E-state index is -2.78. The van der Waals surface area contributed by atoms with Crippen molar-refractivity contribution in [2.75, 3.05) is 0 Å². The Morgan fingerprint density at radius 1 is 0.247 bits per heavy atom. The molecular weight excluding hydrogens is 1240 g/mol. The molecule has 81 heavy (non-hydrogen) atoms. The van der Waals surface area contributed by atoms with Gasteiger partial charge in [-0.15, -0.1) is 0 Å². The number of ketones is 2. The Morgan fingerprint density at radius 2 is 0.309 bits per heavy atom. The topological polar surface area (TPSA) is 284 Å². The van der Waals surface area contributed by atoms with Crippen LogP contribution in [0.1, 0.15) is 27.7 Å². The molecular formula is C60H57N3O14P3Tb. The van der Waals surface area contributed by atoms with Crippen LogP contribution in [0.25, 0.3) is 0 Å². The SMILES string of the molecule is CC(C)=O.CC(C)=O.O=P(c1ccccc1)(c1ccccc1)c1ccccc1.O=P(c1ccccc1)(c1ccccc1)c1ccccc1.O=P(c1ccccc1)(c1ccccc1)c1ccccc1.O=[N+]([O-])[O-].O=[N+]([O-])[O-].O=[N+]([O-])[O-].[Tb+3]. The number of hydrogen-bond donors (Lipinski definition) is 0. The van der Waals surface area contributed by atoms with E-state index in [4.69, 9.17) is 46.0 Å². The third-order valence-corrected chi connectivity index (χ3v) is 19.3. The molecule has 0 aliphatic rings. The second-order valence-corrected chi connectivity index (χ2v) is 24.6. The fourth-order valence-electron chi connectivity index (χ4n) is 7.08. The molecule has 0 unspecified atom stereocenters. The molecule has 0 fully saturated rings. The van der Waals surface area contributed by atoms with Gasteiger partial charge in [0, 0.05) is 47.7 Å². The summed E-state index contributed by atoms with van der Waals surface area (Å²) in [7, 11) is -8.33. The maximum Gasteiger partial charge on any atom is 3.00 e. The van der Waals surface area contributed by atoms with Crippen molar-refractivity contribution in [1.29, 1.82) is 0 Å². The molecule has 0 aliphatic carbocycles. The standard InChI is InChI=1S/3C18H15OP.2C3H6O.3NO3.Tb/c3*19-20(16-10-4-1-5-11-16,17-12-6-2-7-13-17)18-14-8-3-9-15-18;2*1-3(2)4;3*2-1(3)4;/h3*1-15H;2*1-2H3;;;;/q;;;;;3*-1;+3. The normalized spacial score (nSPS) is 9.83. The fourth-order valence-corrected chi connectivity index (χ4v) is 15.1. The van der Waals surface area contributed by atoms with Gasteiger partial charge >= 0.3 is 38.6 Å². The summed E-state index contributed by atoms with van der Waals surface area (Å²) in [6.45, 7) is 6.11. The van der Waals surface area contributed by atoms with E-state index in [0.29, 0.717) is 0 Å². The molecule has 0 aromatic heterocycles. The molecule has 9 aromatic carbocycles. The van der Waals surface area contributed by atoms with Crippen LogP contribution in [0.4, 0.5) is 0 Å². The second-order valence-electron chi connectivity index (χ2n) is 16.3. The molecule has 17 nitrogen and oxygen atoms in total. The third-order valence-electron chi connectivity index (χ3n) is 10.1.